The second-order valence-electron chi connectivity index (χ2n) is 36.9. The zero-order chi connectivity index (χ0) is 93.1. The van der Waals surface area contributed by atoms with Crippen molar-refractivity contribution in [1.82, 2.24) is 29.9 Å². The fourth-order valence-electron chi connectivity index (χ4n) is 22.3. The van der Waals surface area contributed by atoms with Crippen LogP contribution in [0.5, 0.6) is 0 Å². The number of hydrogen-bond donors (Lipinski definition) is 0. The molecule has 7 heterocycles. The Morgan fingerprint density at radius 3 is 1.02 bits per heavy atom. The Bertz CT molecular complexity index is 10700. The van der Waals surface area contributed by atoms with Crippen LogP contribution >= 0.6 is 34.0 Å². The number of fused-ring (bicyclic) bond motifs is 36. The molecule has 0 radical (unpaired) electrons. The number of aromatic nitrogens is 6. The molecule has 24 aromatic carbocycles. The van der Waals surface area contributed by atoms with Crippen molar-refractivity contribution in [2.75, 3.05) is 0 Å². The molecule has 31 aromatic rings. The first kappa shape index (κ1) is 81.3. The molecule has 0 bridgehead atoms. The summed E-state index contributed by atoms with van der Waals surface area (Å²) in [4.78, 5) is 29.7. The summed E-state index contributed by atoms with van der Waals surface area (Å²) in [7, 11) is 0. The Balaban J connectivity index is 0.000000102. The second-order valence-corrected chi connectivity index (χ2v) is 40.1. The van der Waals surface area contributed by atoms with Crippen LogP contribution < -0.4 is 0 Å². The number of nitrogens with zero attached hydrogens (tertiary/aromatic N) is 6. The SMILES string of the molecule is c1ccc(-c2cccc(-c3cc(-c4ccc5oc6cc7c8ccccc8c8ccccc8c7cc6c5c4)nc(-c4ccccc4)n3)c2)cc1.c1ccc2c(c1)c1ccccc1c1cc(-c3cc(-c4ccc5sc6cc7c8ccccc8c8ccccc8c7cc6c5c4)ncn3)ccc21.c1ccc2c(c1)sc1c(-c3ccnc(-c4ccc5sc6cc7c8ccccc8c8ccccc8c7cc6c5c4)n3)cccc12. The van der Waals surface area contributed by atoms with Crippen molar-refractivity contribution < 1.29 is 4.42 Å². The quantitative estimate of drug-likeness (QED) is 0.140. The van der Waals surface area contributed by atoms with E-state index in [2.05, 4.69) is 419 Å². The van der Waals surface area contributed by atoms with Gasteiger partial charge in [0.1, 0.15) is 17.5 Å². The van der Waals surface area contributed by atoms with Gasteiger partial charge in [-0.1, -0.05) is 328 Å². The fourth-order valence-corrected chi connectivity index (χ4v) is 25.7. The van der Waals surface area contributed by atoms with E-state index in [-0.39, 0.29) is 0 Å². The van der Waals surface area contributed by atoms with Crippen LogP contribution in [-0.4, -0.2) is 29.9 Å². The molecule has 658 valence electrons. The first-order valence-electron chi connectivity index (χ1n) is 47.9. The van der Waals surface area contributed by atoms with E-state index < -0.39 is 0 Å². The molecule has 31 rings (SSSR count). The lowest BCUT2D eigenvalue weighted by molar-refractivity contribution is 0.669. The highest BCUT2D eigenvalue weighted by Gasteiger charge is 2.23. The molecule has 0 aliphatic rings. The average molecular weight is 1860 g/mol. The molecule has 0 aliphatic heterocycles. The van der Waals surface area contributed by atoms with Gasteiger partial charge in [-0.25, -0.2) is 29.9 Å². The molecule has 10 heteroatoms. The van der Waals surface area contributed by atoms with E-state index in [0.717, 1.165) is 101 Å². The standard InChI is InChI=1S/C46H28N2O.C46H26N2S.C40H22N2S2/c1-3-12-29(13-4-1)31-16-11-17-32(24-31)42-28-43(48-46(47-42)30-14-5-2-6-15-30)33-22-23-44-40(25-33)41-26-38-36-20-9-7-18-34(36)35-19-8-10-21-37(35)39(38)27-45(41)49-44;1-2-13-33-29(9-1)30-10-3-6-14-34(30)38-21-27(17-19-37(33)38)43-25-44(48-26-47-43)28-18-20-45-41(22-28)42-23-39-35-15-7-4-11-31(35)32-12-5-8-16-36(32)40(39)24-46(42)49-45;1-3-10-26-24(8-1)25-9-2-4-11-27(25)32-22-38-34(21-31(26)32)33-20-23(16-17-37(33)43-38)40-41-19-18-35(42-40)30-14-7-13-29-28-12-5-6-15-36(28)44-39(29)30/h1-28H;1-26H;1-22H. The third-order valence-corrected chi connectivity index (χ3v) is 32.4. The summed E-state index contributed by atoms with van der Waals surface area (Å²) in [6, 6.07) is 161. The first-order chi connectivity index (χ1) is 70.3. The normalized spacial score (nSPS) is 11.9. The van der Waals surface area contributed by atoms with Gasteiger partial charge in [-0.2, -0.15) is 0 Å². The molecule has 0 unspecified atom stereocenters. The molecule has 0 N–H and O–H groups in total. The van der Waals surface area contributed by atoms with E-state index in [0.29, 0.717) is 5.82 Å². The summed E-state index contributed by atoms with van der Waals surface area (Å²) in [5, 5.41) is 40.5. The van der Waals surface area contributed by atoms with Crippen LogP contribution in [0, 0.1) is 0 Å². The molecule has 7 aromatic heterocycles. The van der Waals surface area contributed by atoms with Gasteiger partial charge in [0.2, 0.25) is 0 Å². The third kappa shape index (κ3) is 13.4. The first-order valence-corrected chi connectivity index (χ1v) is 50.4. The minimum absolute atomic E-state index is 0.694. The Morgan fingerprint density at radius 2 is 0.493 bits per heavy atom. The molecular weight excluding hydrogens is 1780 g/mol. The maximum absolute atomic E-state index is 6.52. The van der Waals surface area contributed by atoms with E-state index in [9.17, 15) is 0 Å². The lowest BCUT2D eigenvalue weighted by Crippen LogP contribution is -1.96. The lowest BCUT2D eigenvalue weighted by atomic mass is 9.92. The largest absolute Gasteiger partial charge is 0.456 e. The highest BCUT2D eigenvalue weighted by Crippen LogP contribution is 2.50. The molecule has 0 amide bonds. The molecule has 0 saturated carbocycles. The van der Waals surface area contributed by atoms with Crippen LogP contribution in [0.3, 0.4) is 0 Å². The van der Waals surface area contributed by atoms with Gasteiger partial charge in [-0.15, -0.1) is 34.0 Å². The number of furan rings is 1. The maximum Gasteiger partial charge on any atom is 0.160 e. The summed E-state index contributed by atoms with van der Waals surface area (Å²) < 4.78 is 14.3. The summed E-state index contributed by atoms with van der Waals surface area (Å²) in [5.41, 5.74) is 16.0. The van der Waals surface area contributed by atoms with Gasteiger partial charge < -0.3 is 4.42 Å². The summed E-state index contributed by atoms with van der Waals surface area (Å²) in [6.07, 6.45) is 3.60. The fraction of sp³-hybridized carbons (Fsp3) is 0. The van der Waals surface area contributed by atoms with Crippen LogP contribution in [0.25, 0.3) is 302 Å². The maximum atomic E-state index is 6.52. The van der Waals surface area contributed by atoms with Crippen molar-refractivity contribution in [1.29, 1.82) is 0 Å². The van der Waals surface area contributed by atoms with Gasteiger partial charge in [-0.05, 0) is 262 Å². The lowest BCUT2D eigenvalue weighted by Gasteiger charge is -2.12. The van der Waals surface area contributed by atoms with Crippen molar-refractivity contribution in [3.63, 3.8) is 0 Å². The zero-order valence-electron chi connectivity index (χ0n) is 76.2. The molecule has 142 heavy (non-hydrogen) atoms. The minimum atomic E-state index is 0.694. The monoisotopic (exact) mass is 1860 g/mol. The summed E-state index contributed by atoms with van der Waals surface area (Å²) in [6.45, 7) is 0. The van der Waals surface area contributed by atoms with Crippen LogP contribution in [0.15, 0.2) is 466 Å². The van der Waals surface area contributed by atoms with Crippen molar-refractivity contribution in [3.8, 4) is 90.2 Å². The van der Waals surface area contributed by atoms with E-state index in [4.69, 9.17) is 34.3 Å². The van der Waals surface area contributed by atoms with E-state index in [1.165, 1.54) is 195 Å². The van der Waals surface area contributed by atoms with E-state index in [1.54, 1.807) is 6.33 Å². The smallest absolute Gasteiger partial charge is 0.160 e. The molecule has 0 fully saturated rings. The molecule has 0 saturated heterocycles. The topological polar surface area (TPSA) is 90.5 Å². The average Bonchev–Trinajstić information content (AvgIpc) is 1.48. The van der Waals surface area contributed by atoms with Crippen LogP contribution in [0.2, 0.25) is 0 Å². The highest BCUT2D eigenvalue weighted by atomic mass is 32.1. The van der Waals surface area contributed by atoms with Gasteiger partial charge in [0.05, 0.1) is 28.5 Å². The van der Waals surface area contributed by atoms with Gasteiger partial charge in [0.15, 0.2) is 11.6 Å². The Labute approximate surface area is 825 Å². The highest BCUT2D eigenvalue weighted by molar-refractivity contribution is 7.27. The van der Waals surface area contributed by atoms with Gasteiger partial charge in [0.25, 0.3) is 0 Å². The predicted octanol–water partition coefficient (Wildman–Crippen LogP) is 37.6. The summed E-state index contributed by atoms with van der Waals surface area (Å²) >= 11 is 5.55. The molecular formula is C132H76N6OS3. The number of hydrogen-bond acceptors (Lipinski definition) is 10. The van der Waals surface area contributed by atoms with E-state index in [1.807, 2.05) is 70.5 Å². The number of rotatable bonds is 8. The van der Waals surface area contributed by atoms with Gasteiger partial charge in [-0.3, -0.25) is 0 Å². The zero-order valence-corrected chi connectivity index (χ0v) is 78.6. The Morgan fingerprint density at radius 1 is 0.155 bits per heavy atom. The van der Waals surface area contributed by atoms with E-state index >= 15 is 0 Å². The van der Waals surface area contributed by atoms with Gasteiger partial charge >= 0.3 is 0 Å². The van der Waals surface area contributed by atoms with Crippen molar-refractivity contribution in [2.45, 2.75) is 0 Å². The molecule has 0 atom stereocenters. The Hall–Kier alpha value is -17.9. The third-order valence-electron chi connectivity index (χ3n) is 28.9. The van der Waals surface area contributed by atoms with Crippen LogP contribution in [0.1, 0.15) is 0 Å². The Kier molecular flexibility index (Phi) is 18.8. The molecule has 7 nitrogen and oxygen atoms in total. The second kappa shape index (κ2) is 32.9. The van der Waals surface area contributed by atoms with Crippen molar-refractivity contribution in [3.05, 3.63) is 461 Å². The minimum Gasteiger partial charge on any atom is -0.456 e. The number of thiophene rings is 3. The van der Waals surface area contributed by atoms with Crippen molar-refractivity contribution in [2.24, 2.45) is 0 Å². The number of benzene rings is 24. The van der Waals surface area contributed by atoms with Crippen LogP contribution in [-0.2, 0) is 0 Å². The van der Waals surface area contributed by atoms with Crippen LogP contribution in [0.4, 0.5) is 0 Å². The summed E-state index contributed by atoms with van der Waals surface area (Å²) in [5.74, 6) is 1.44. The molecule has 0 aliphatic carbocycles. The predicted molar refractivity (Wildman–Crippen MR) is 606 cm³/mol. The molecule has 0 spiro atoms. The van der Waals surface area contributed by atoms with Gasteiger partial charge in [0, 0.05) is 116 Å². The van der Waals surface area contributed by atoms with Crippen molar-refractivity contribution >= 4 is 246 Å².